The molecule has 3 atom stereocenters. The van der Waals surface area contributed by atoms with Crippen molar-refractivity contribution in [3.05, 3.63) is 47.5 Å². The van der Waals surface area contributed by atoms with Crippen molar-refractivity contribution >= 4 is 17.7 Å². The summed E-state index contributed by atoms with van der Waals surface area (Å²) >= 11 is 0. The molecule has 0 aromatic heterocycles. The Kier molecular flexibility index (Phi) is 6.29. The Labute approximate surface area is 177 Å². The largest absolute Gasteiger partial charge is 0.379 e. The van der Waals surface area contributed by atoms with Crippen molar-refractivity contribution < 1.29 is 19.1 Å². The molecule has 1 N–H and O–H groups in total. The van der Waals surface area contributed by atoms with Gasteiger partial charge in [0, 0.05) is 26.2 Å². The normalized spacial score (nSPS) is 25.3. The number of rotatable bonds is 6. The van der Waals surface area contributed by atoms with Crippen molar-refractivity contribution in [2.24, 2.45) is 11.8 Å². The zero-order valence-corrected chi connectivity index (χ0v) is 17.4. The van der Waals surface area contributed by atoms with Gasteiger partial charge >= 0.3 is 0 Å². The number of hydrogen-bond donors (Lipinski definition) is 1. The molecule has 3 amide bonds. The highest BCUT2D eigenvalue weighted by Crippen LogP contribution is 2.36. The van der Waals surface area contributed by atoms with Gasteiger partial charge in [-0.3, -0.25) is 24.2 Å². The lowest BCUT2D eigenvalue weighted by molar-refractivity contribution is -0.147. The van der Waals surface area contributed by atoms with Crippen molar-refractivity contribution in [2.45, 2.75) is 38.9 Å². The van der Waals surface area contributed by atoms with Crippen LogP contribution in [-0.4, -0.2) is 59.9 Å². The molecule has 2 fully saturated rings. The fraction of sp³-hybridized carbons (Fsp3) is 0.522. The summed E-state index contributed by atoms with van der Waals surface area (Å²) in [5, 5.41) is 2.93. The molecule has 2 aliphatic heterocycles. The van der Waals surface area contributed by atoms with E-state index in [1.165, 1.54) is 4.90 Å². The van der Waals surface area contributed by atoms with Gasteiger partial charge in [-0.15, -0.1) is 0 Å². The lowest BCUT2D eigenvalue weighted by Gasteiger charge is -2.27. The molecule has 30 heavy (non-hydrogen) atoms. The van der Waals surface area contributed by atoms with Gasteiger partial charge in [-0.25, -0.2) is 0 Å². The molecule has 0 radical (unpaired) electrons. The van der Waals surface area contributed by atoms with Crippen LogP contribution in [0.3, 0.4) is 0 Å². The molecule has 1 aliphatic carbocycles. The summed E-state index contributed by atoms with van der Waals surface area (Å²) in [4.78, 5) is 41.8. The number of carbonyl (C=O) groups excluding carboxylic acids is 3. The zero-order valence-electron chi connectivity index (χ0n) is 17.4. The summed E-state index contributed by atoms with van der Waals surface area (Å²) in [5.74, 6) is -1.36. The van der Waals surface area contributed by atoms with Gasteiger partial charge in [0.2, 0.25) is 17.7 Å². The molecule has 1 aromatic rings. The quantitative estimate of drug-likeness (QED) is 0.567. The summed E-state index contributed by atoms with van der Waals surface area (Å²) in [5.41, 5.74) is 2.21. The number of ether oxygens (including phenoxy) is 1. The second-order valence-corrected chi connectivity index (χ2v) is 8.25. The van der Waals surface area contributed by atoms with Gasteiger partial charge in [0.1, 0.15) is 6.04 Å². The number of allylic oxidation sites excluding steroid dienone is 2. The first-order chi connectivity index (χ1) is 14.6. The van der Waals surface area contributed by atoms with E-state index in [1.807, 2.05) is 30.4 Å². The molecule has 7 heteroatoms. The zero-order chi connectivity index (χ0) is 21.1. The molecular formula is C23H29N3O4. The maximum atomic E-state index is 12.8. The van der Waals surface area contributed by atoms with Crippen molar-refractivity contribution in [3.63, 3.8) is 0 Å². The van der Waals surface area contributed by atoms with Crippen LogP contribution < -0.4 is 5.32 Å². The van der Waals surface area contributed by atoms with Crippen molar-refractivity contribution in [3.8, 4) is 0 Å². The Morgan fingerprint density at radius 3 is 2.30 bits per heavy atom. The number of carbonyl (C=O) groups is 3. The van der Waals surface area contributed by atoms with Crippen LogP contribution in [0.5, 0.6) is 0 Å². The smallest absolute Gasteiger partial charge is 0.243 e. The maximum Gasteiger partial charge on any atom is 0.243 e. The van der Waals surface area contributed by atoms with E-state index in [4.69, 9.17) is 4.74 Å². The molecule has 1 aromatic carbocycles. The molecule has 3 aliphatic rings. The van der Waals surface area contributed by atoms with Gasteiger partial charge in [-0.2, -0.15) is 0 Å². The average molecular weight is 412 g/mol. The van der Waals surface area contributed by atoms with E-state index in [9.17, 15) is 14.4 Å². The molecule has 7 nitrogen and oxygen atoms in total. The highest BCUT2D eigenvalue weighted by Gasteiger charge is 2.50. The maximum absolute atomic E-state index is 12.8. The first kappa shape index (κ1) is 20.8. The van der Waals surface area contributed by atoms with Crippen LogP contribution in [0.4, 0.5) is 0 Å². The minimum atomic E-state index is -0.804. The van der Waals surface area contributed by atoms with Crippen LogP contribution in [0.25, 0.3) is 0 Å². The molecule has 2 saturated heterocycles. The second-order valence-electron chi connectivity index (χ2n) is 8.25. The number of amides is 3. The van der Waals surface area contributed by atoms with E-state index in [0.717, 1.165) is 44.0 Å². The fourth-order valence-corrected chi connectivity index (χ4v) is 4.54. The number of benzene rings is 1. The third-order valence-corrected chi connectivity index (χ3v) is 6.38. The van der Waals surface area contributed by atoms with Gasteiger partial charge in [-0.05, 0) is 30.9 Å². The molecular weight excluding hydrogens is 382 g/mol. The minimum Gasteiger partial charge on any atom is -0.379 e. The molecule has 160 valence electrons. The lowest BCUT2D eigenvalue weighted by Crippen LogP contribution is -2.48. The van der Waals surface area contributed by atoms with Crippen molar-refractivity contribution in [1.82, 2.24) is 15.1 Å². The van der Waals surface area contributed by atoms with E-state index in [2.05, 4.69) is 16.3 Å². The van der Waals surface area contributed by atoms with Crippen LogP contribution in [-0.2, 0) is 32.2 Å². The predicted molar refractivity (Wildman–Crippen MR) is 111 cm³/mol. The third kappa shape index (κ3) is 4.18. The van der Waals surface area contributed by atoms with Gasteiger partial charge in [0.05, 0.1) is 25.0 Å². The van der Waals surface area contributed by atoms with Crippen molar-refractivity contribution in [2.75, 3.05) is 26.3 Å². The van der Waals surface area contributed by atoms with Gasteiger partial charge in [-0.1, -0.05) is 36.4 Å². The summed E-state index contributed by atoms with van der Waals surface area (Å²) < 4.78 is 5.41. The van der Waals surface area contributed by atoms with Crippen LogP contribution >= 0.6 is 0 Å². The van der Waals surface area contributed by atoms with Crippen molar-refractivity contribution in [1.29, 1.82) is 0 Å². The number of likely N-dealkylation sites (tertiary alicyclic amines) is 1. The van der Waals surface area contributed by atoms with E-state index < -0.39 is 6.04 Å². The standard InChI is InChI=1S/C23H29N3O4/c1-16(26-22(28)19-8-4-5-9-20(19)23(26)29)21(27)24-14-17-6-2-3-7-18(17)15-25-10-12-30-13-11-25/h2-7,16,19-20H,8-15H2,1H3,(H,24,27). The Bertz CT molecular complexity index is 821. The Hall–Kier alpha value is -2.51. The number of morpholine rings is 1. The summed E-state index contributed by atoms with van der Waals surface area (Å²) in [6.07, 6.45) is 5.06. The molecule has 2 heterocycles. The molecule has 0 spiro atoms. The number of fused-ring (bicyclic) bond motifs is 1. The van der Waals surface area contributed by atoms with Crippen LogP contribution in [0, 0.1) is 11.8 Å². The van der Waals surface area contributed by atoms with Gasteiger partial charge in [0.15, 0.2) is 0 Å². The first-order valence-electron chi connectivity index (χ1n) is 10.7. The average Bonchev–Trinajstić information content (AvgIpc) is 3.03. The van der Waals surface area contributed by atoms with E-state index in [0.29, 0.717) is 19.4 Å². The summed E-state index contributed by atoms with van der Waals surface area (Å²) in [6.45, 7) is 6.09. The fourth-order valence-electron chi connectivity index (χ4n) is 4.54. The lowest BCUT2D eigenvalue weighted by atomic mass is 9.85. The third-order valence-electron chi connectivity index (χ3n) is 6.38. The molecule has 3 unspecified atom stereocenters. The Morgan fingerprint density at radius 2 is 1.67 bits per heavy atom. The molecule has 0 saturated carbocycles. The number of hydrogen-bond acceptors (Lipinski definition) is 5. The van der Waals surface area contributed by atoms with Crippen LogP contribution in [0.2, 0.25) is 0 Å². The first-order valence-corrected chi connectivity index (χ1v) is 10.7. The van der Waals surface area contributed by atoms with Gasteiger partial charge in [0.25, 0.3) is 0 Å². The highest BCUT2D eigenvalue weighted by atomic mass is 16.5. The summed E-state index contributed by atoms with van der Waals surface area (Å²) in [7, 11) is 0. The second kappa shape index (κ2) is 9.10. The van der Waals surface area contributed by atoms with Gasteiger partial charge < -0.3 is 10.1 Å². The summed E-state index contributed by atoms with van der Waals surface area (Å²) in [6, 6.07) is 7.24. The minimum absolute atomic E-state index is 0.218. The van der Waals surface area contributed by atoms with Crippen LogP contribution in [0.1, 0.15) is 30.9 Å². The topological polar surface area (TPSA) is 79.0 Å². The Balaban J connectivity index is 1.38. The number of nitrogens with zero attached hydrogens (tertiary/aromatic N) is 2. The Morgan fingerprint density at radius 1 is 1.07 bits per heavy atom. The van der Waals surface area contributed by atoms with E-state index in [1.54, 1.807) is 6.92 Å². The van der Waals surface area contributed by atoms with E-state index >= 15 is 0 Å². The SMILES string of the molecule is CC(C(=O)NCc1ccccc1CN1CCOCC1)N1C(=O)C2CC=CCC2C1=O. The predicted octanol–water partition coefficient (Wildman–Crippen LogP) is 1.47. The monoisotopic (exact) mass is 411 g/mol. The number of imide groups is 1. The molecule has 0 bridgehead atoms. The highest BCUT2D eigenvalue weighted by molar-refractivity contribution is 6.08. The molecule has 4 rings (SSSR count). The van der Waals surface area contributed by atoms with E-state index in [-0.39, 0.29) is 29.6 Å². The number of nitrogens with one attached hydrogen (secondary N) is 1. The van der Waals surface area contributed by atoms with Crippen LogP contribution in [0.15, 0.2) is 36.4 Å².